The standard InChI is InChI=1S/C15H12BrClN2O2/c1-9(20)18-11-3-2-4-12(8-11)19-15(21)13-7-10(17)5-6-14(13)16/h2-8H,1H3,(H,18,20)(H,19,21). The third-order valence-corrected chi connectivity index (χ3v) is 3.54. The maximum Gasteiger partial charge on any atom is 0.256 e. The lowest BCUT2D eigenvalue weighted by Gasteiger charge is -2.09. The average molecular weight is 368 g/mol. The summed E-state index contributed by atoms with van der Waals surface area (Å²) in [6, 6.07) is 11.9. The van der Waals surface area contributed by atoms with Crippen molar-refractivity contribution < 1.29 is 9.59 Å². The molecule has 2 rings (SSSR count). The molecule has 0 bridgehead atoms. The number of benzene rings is 2. The molecule has 2 aromatic rings. The number of rotatable bonds is 3. The van der Waals surface area contributed by atoms with Crippen LogP contribution in [0.4, 0.5) is 11.4 Å². The molecule has 21 heavy (non-hydrogen) atoms. The number of hydrogen-bond donors (Lipinski definition) is 2. The molecule has 2 N–H and O–H groups in total. The summed E-state index contributed by atoms with van der Waals surface area (Å²) in [4.78, 5) is 23.3. The van der Waals surface area contributed by atoms with Crippen LogP contribution in [0.3, 0.4) is 0 Å². The molecule has 0 radical (unpaired) electrons. The van der Waals surface area contributed by atoms with Gasteiger partial charge in [-0.25, -0.2) is 0 Å². The van der Waals surface area contributed by atoms with Gasteiger partial charge in [-0.3, -0.25) is 9.59 Å². The molecule has 4 nitrogen and oxygen atoms in total. The highest BCUT2D eigenvalue weighted by atomic mass is 79.9. The summed E-state index contributed by atoms with van der Waals surface area (Å²) in [5.74, 6) is -0.458. The normalized spacial score (nSPS) is 10.0. The second-order valence-electron chi connectivity index (χ2n) is 4.34. The average Bonchev–Trinajstić information content (AvgIpc) is 2.41. The van der Waals surface area contributed by atoms with E-state index in [1.807, 2.05) is 0 Å². The lowest BCUT2D eigenvalue weighted by Crippen LogP contribution is -2.13. The second-order valence-corrected chi connectivity index (χ2v) is 5.63. The summed E-state index contributed by atoms with van der Waals surface area (Å²) in [5.41, 5.74) is 1.64. The van der Waals surface area contributed by atoms with E-state index in [1.165, 1.54) is 6.92 Å². The van der Waals surface area contributed by atoms with E-state index in [0.717, 1.165) is 0 Å². The molecule has 0 aromatic heterocycles. The Balaban J connectivity index is 2.19. The first-order chi connectivity index (χ1) is 9.95. The van der Waals surface area contributed by atoms with Crippen LogP contribution in [0.15, 0.2) is 46.9 Å². The summed E-state index contributed by atoms with van der Waals surface area (Å²) in [6.45, 7) is 1.42. The fourth-order valence-electron chi connectivity index (χ4n) is 1.75. The van der Waals surface area contributed by atoms with E-state index in [-0.39, 0.29) is 11.8 Å². The van der Waals surface area contributed by atoms with Gasteiger partial charge in [-0.05, 0) is 52.3 Å². The largest absolute Gasteiger partial charge is 0.326 e. The Kier molecular flexibility index (Phi) is 4.98. The van der Waals surface area contributed by atoms with Crippen LogP contribution in [0, 0.1) is 0 Å². The van der Waals surface area contributed by atoms with Gasteiger partial charge in [0.05, 0.1) is 5.56 Å². The molecule has 0 unspecified atom stereocenters. The molecule has 0 heterocycles. The molecule has 2 aromatic carbocycles. The lowest BCUT2D eigenvalue weighted by atomic mass is 10.2. The zero-order valence-electron chi connectivity index (χ0n) is 11.1. The fourth-order valence-corrected chi connectivity index (χ4v) is 2.35. The number of nitrogens with one attached hydrogen (secondary N) is 2. The Labute approximate surface area is 135 Å². The van der Waals surface area contributed by atoms with Crippen molar-refractivity contribution in [3.63, 3.8) is 0 Å². The highest BCUT2D eigenvalue weighted by Crippen LogP contribution is 2.23. The number of amides is 2. The smallest absolute Gasteiger partial charge is 0.256 e. The zero-order chi connectivity index (χ0) is 15.4. The Morgan fingerprint density at radius 1 is 1.05 bits per heavy atom. The summed E-state index contributed by atoms with van der Waals surface area (Å²) in [6.07, 6.45) is 0. The molecule has 0 fully saturated rings. The third-order valence-electron chi connectivity index (χ3n) is 2.61. The van der Waals surface area contributed by atoms with Crippen molar-refractivity contribution in [2.75, 3.05) is 10.6 Å². The maximum absolute atomic E-state index is 12.2. The minimum Gasteiger partial charge on any atom is -0.326 e. The second kappa shape index (κ2) is 6.74. The van der Waals surface area contributed by atoms with E-state index in [9.17, 15) is 9.59 Å². The molecule has 2 amide bonds. The minimum absolute atomic E-state index is 0.170. The van der Waals surface area contributed by atoms with Crippen LogP contribution in [0.2, 0.25) is 5.02 Å². The van der Waals surface area contributed by atoms with Crippen LogP contribution < -0.4 is 10.6 Å². The van der Waals surface area contributed by atoms with Crippen molar-refractivity contribution >= 4 is 50.7 Å². The number of anilines is 2. The van der Waals surface area contributed by atoms with Crippen LogP contribution in [-0.4, -0.2) is 11.8 Å². The number of halogens is 2. The lowest BCUT2D eigenvalue weighted by molar-refractivity contribution is -0.114. The summed E-state index contributed by atoms with van der Waals surface area (Å²) < 4.78 is 0.655. The van der Waals surface area contributed by atoms with Crippen molar-refractivity contribution in [3.8, 4) is 0 Å². The topological polar surface area (TPSA) is 58.2 Å². The number of carbonyl (C=O) groups is 2. The fraction of sp³-hybridized carbons (Fsp3) is 0.0667. The van der Waals surface area contributed by atoms with Gasteiger partial charge in [0.2, 0.25) is 5.91 Å². The van der Waals surface area contributed by atoms with Crippen molar-refractivity contribution in [2.45, 2.75) is 6.92 Å². The molecule has 0 aliphatic heterocycles. The van der Waals surface area contributed by atoms with Gasteiger partial charge in [0.15, 0.2) is 0 Å². The molecule has 0 aliphatic carbocycles. The quantitative estimate of drug-likeness (QED) is 0.849. The first kappa shape index (κ1) is 15.5. The van der Waals surface area contributed by atoms with Crippen molar-refractivity contribution in [1.82, 2.24) is 0 Å². The Morgan fingerprint density at radius 3 is 2.38 bits per heavy atom. The SMILES string of the molecule is CC(=O)Nc1cccc(NC(=O)c2cc(Cl)ccc2Br)c1. The Bertz CT molecular complexity index is 704. The molecular weight excluding hydrogens is 356 g/mol. The highest BCUT2D eigenvalue weighted by molar-refractivity contribution is 9.10. The van der Waals surface area contributed by atoms with Crippen LogP contribution in [-0.2, 0) is 4.79 Å². The van der Waals surface area contributed by atoms with Crippen molar-refractivity contribution in [3.05, 3.63) is 57.5 Å². The van der Waals surface area contributed by atoms with Crippen LogP contribution in [0.1, 0.15) is 17.3 Å². The molecule has 0 aliphatic rings. The van der Waals surface area contributed by atoms with E-state index in [2.05, 4.69) is 26.6 Å². The van der Waals surface area contributed by atoms with Gasteiger partial charge < -0.3 is 10.6 Å². The van der Waals surface area contributed by atoms with E-state index >= 15 is 0 Å². The van der Waals surface area contributed by atoms with Crippen LogP contribution in [0.5, 0.6) is 0 Å². The van der Waals surface area contributed by atoms with Crippen LogP contribution in [0.25, 0.3) is 0 Å². The van der Waals surface area contributed by atoms with Gasteiger partial charge in [0.1, 0.15) is 0 Å². The summed E-state index contributed by atoms with van der Waals surface area (Å²) in [7, 11) is 0. The predicted molar refractivity (Wildman–Crippen MR) is 87.9 cm³/mol. The van der Waals surface area contributed by atoms with Crippen molar-refractivity contribution in [1.29, 1.82) is 0 Å². The first-order valence-corrected chi connectivity index (χ1v) is 7.27. The minimum atomic E-state index is -0.288. The third kappa shape index (κ3) is 4.31. The zero-order valence-corrected chi connectivity index (χ0v) is 13.5. The first-order valence-electron chi connectivity index (χ1n) is 6.10. The molecule has 0 saturated carbocycles. The Morgan fingerprint density at radius 2 is 1.71 bits per heavy atom. The van der Waals surface area contributed by atoms with Crippen LogP contribution >= 0.6 is 27.5 Å². The van der Waals surface area contributed by atoms with E-state index < -0.39 is 0 Å². The van der Waals surface area contributed by atoms with Gasteiger partial charge in [-0.15, -0.1) is 0 Å². The highest BCUT2D eigenvalue weighted by Gasteiger charge is 2.11. The van der Waals surface area contributed by atoms with Gasteiger partial charge in [-0.2, -0.15) is 0 Å². The predicted octanol–water partition coefficient (Wildman–Crippen LogP) is 4.31. The van der Waals surface area contributed by atoms with Gasteiger partial charge >= 0.3 is 0 Å². The molecule has 0 spiro atoms. The molecule has 108 valence electrons. The van der Waals surface area contributed by atoms with E-state index in [4.69, 9.17) is 11.6 Å². The number of hydrogen-bond acceptors (Lipinski definition) is 2. The number of carbonyl (C=O) groups excluding carboxylic acids is 2. The monoisotopic (exact) mass is 366 g/mol. The summed E-state index contributed by atoms with van der Waals surface area (Å²) in [5, 5.41) is 5.90. The van der Waals surface area contributed by atoms with Gasteiger partial charge in [0, 0.05) is 27.8 Å². The molecule has 0 saturated heterocycles. The molecular formula is C15H12BrClN2O2. The van der Waals surface area contributed by atoms with Gasteiger partial charge in [0.25, 0.3) is 5.91 Å². The van der Waals surface area contributed by atoms with E-state index in [1.54, 1.807) is 42.5 Å². The summed E-state index contributed by atoms with van der Waals surface area (Å²) >= 11 is 9.21. The van der Waals surface area contributed by atoms with Crippen molar-refractivity contribution in [2.24, 2.45) is 0 Å². The molecule has 0 atom stereocenters. The Hall–Kier alpha value is -1.85. The maximum atomic E-state index is 12.2. The molecule has 6 heteroatoms. The van der Waals surface area contributed by atoms with E-state index in [0.29, 0.717) is 26.4 Å². The van der Waals surface area contributed by atoms with Gasteiger partial charge in [-0.1, -0.05) is 17.7 Å².